The molecular formula is C25H20O2. The Morgan fingerprint density at radius 2 is 1.11 bits per heavy atom. The average molecular weight is 352 g/mol. The summed E-state index contributed by atoms with van der Waals surface area (Å²) in [5, 5.41) is 0. The molecule has 0 fully saturated rings. The van der Waals surface area contributed by atoms with E-state index < -0.39 is 0 Å². The second kappa shape index (κ2) is 7.88. The molecule has 0 radical (unpaired) electrons. The first-order chi connectivity index (χ1) is 13.3. The van der Waals surface area contributed by atoms with E-state index in [1.807, 2.05) is 84.9 Å². The number of benzene rings is 3. The van der Waals surface area contributed by atoms with Crippen LogP contribution in [0.1, 0.15) is 16.7 Å². The van der Waals surface area contributed by atoms with Gasteiger partial charge < -0.3 is 4.74 Å². The van der Waals surface area contributed by atoms with Crippen LogP contribution >= 0.6 is 0 Å². The molecular weight excluding hydrogens is 332 g/mol. The van der Waals surface area contributed by atoms with Gasteiger partial charge in [0, 0.05) is 24.0 Å². The predicted molar refractivity (Wildman–Crippen MR) is 108 cm³/mol. The molecule has 1 aliphatic heterocycles. The molecule has 1 heterocycles. The van der Waals surface area contributed by atoms with Crippen molar-refractivity contribution in [2.24, 2.45) is 0 Å². The van der Waals surface area contributed by atoms with E-state index in [2.05, 4.69) is 12.1 Å². The summed E-state index contributed by atoms with van der Waals surface area (Å²) in [7, 11) is 0. The quantitative estimate of drug-likeness (QED) is 0.577. The van der Waals surface area contributed by atoms with Gasteiger partial charge >= 0.3 is 5.97 Å². The molecule has 27 heavy (non-hydrogen) atoms. The van der Waals surface area contributed by atoms with Gasteiger partial charge in [-0.1, -0.05) is 91.0 Å². The molecule has 2 heteroatoms. The van der Waals surface area contributed by atoms with E-state index >= 15 is 0 Å². The Bertz CT molecular complexity index is 984. The summed E-state index contributed by atoms with van der Waals surface area (Å²) >= 11 is 0. The Labute approximate surface area is 159 Å². The van der Waals surface area contributed by atoms with E-state index in [0.717, 1.165) is 27.8 Å². The van der Waals surface area contributed by atoms with Crippen molar-refractivity contribution < 1.29 is 9.53 Å². The lowest BCUT2D eigenvalue weighted by Gasteiger charge is -2.07. The number of hydrogen-bond acceptors (Lipinski definition) is 2. The fourth-order valence-corrected chi connectivity index (χ4v) is 3.28. The van der Waals surface area contributed by atoms with E-state index in [0.29, 0.717) is 18.6 Å². The van der Waals surface area contributed by atoms with E-state index in [1.54, 1.807) is 0 Å². The van der Waals surface area contributed by atoms with Crippen LogP contribution in [0, 0.1) is 0 Å². The zero-order chi connectivity index (χ0) is 18.5. The van der Waals surface area contributed by atoms with Gasteiger partial charge in [0.15, 0.2) is 0 Å². The monoisotopic (exact) mass is 352 g/mol. The maximum Gasteiger partial charge on any atom is 0.340 e. The Hall–Kier alpha value is -3.39. The van der Waals surface area contributed by atoms with Crippen molar-refractivity contribution in [3.63, 3.8) is 0 Å². The summed E-state index contributed by atoms with van der Waals surface area (Å²) in [4.78, 5) is 12.7. The third-order valence-electron chi connectivity index (χ3n) is 4.66. The van der Waals surface area contributed by atoms with E-state index in [1.165, 1.54) is 0 Å². The highest BCUT2D eigenvalue weighted by molar-refractivity contribution is 5.96. The molecule has 0 bridgehead atoms. The first kappa shape index (κ1) is 17.0. The van der Waals surface area contributed by atoms with Crippen LogP contribution in [0.2, 0.25) is 0 Å². The molecule has 0 saturated carbocycles. The second-order valence-corrected chi connectivity index (χ2v) is 6.59. The third-order valence-corrected chi connectivity index (χ3v) is 4.66. The van der Waals surface area contributed by atoms with Crippen molar-refractivity contribution in [1.29, 1.82) is 0 Å². The van der Waals surface area contributed by atoms with Crippen molar-refractivity contribution in [2.45, 2.75) is 12.8 Å². The van der Waals surface area contributed by atoms with Gasteiger partial charge in [-0.25, -0.2) is 4.79 Å². The van der Waals surface area contributed by atoms with Gasteiger partial charge in [0.05, 0.1) is 0 Å². The molecule has 0 saturated heterocycles. The maximum atomic E-state index is 12.7. The van der Waals surface area contributed by atoms with Crippen LogP contribution < -0.4 is 0 Å². The molecule has 0 unspecified atom stereocenters. The van der Waals surface area contributed by atoms with Crippen molar-refractivity contribution in [3.05, 3.63) is 125 Å². The highest BCUT2D eigenvalue weighted by Crippen LogP contribution is 2.32. The van der Waals surface area contributed by atoms with Gasteiger partial charge in [0.1, 0.15) is 5.76 Å². The zero-order valence-electron chi connectivity index (χ0n) is 15.0. The smallest absolute Gasteiger partial charge is 0.340 e. The van der Waals surface area contributed by atoms with Gasteiger partial charge in [-0.15, -0.1) is 0 Å². The summed E-state index contributed by atoms with van der Waals surface area (Å²) in [6.07, 6.45) is 3.20. The molecule has 0 aromatic heterocycles. The number of carbonyl (C=O) groups is 1. The minimum Gasteiger partial charge on any atom is -0.423 e. The average Bonchev–Trinajstić information content (AvgIpc) is 2.99. The predicted octanol–water partition coefficient (Wildman–Crippen LogP) is 5.37. The van der Waals surface area contributed by atoms with Crippen LogP contribution in [0.25, 0.3) is 6.08 Å². The van der Waals surface area contributed by atoms with Gasteiger partial charge in [-0.3, -0.25) is 0 Å². The minimum atomic E-state index is -0.244. The van der Waals surface area contributed by atoms with E-state index in [4.69, 9.17) is 4.74 Å². The summed E-state index contributed by atoms with van der Waals surface area (Å²) in [5.74, 6) is 0.410. The lowest BCUT2D eigenvalue weighted by atomic mass is 9.95. The Morgan fingerprint density at radius 3 is 1.67 bits per heavy atom. The van der Waals surface area contributed by atoms with Crippen molar-refractivity contribution in [1.82, 2.24) is 0 Å². The molecule has 3 aromatic rings. The molecule has 0 spiro atoms. The number of cyclic esters (lactones) is 1. The van der Waals surface area contributed by atoms with Crippen LogP contribution in [-0.4, -0.2) is 5.97 Å². The molecule has 0 atom stereocenters. The van der Waals surface area contributed by atoms with Crippen molar-refractivity contribution in [2.75, 3.05) is 0 Å². The van der Waals surface area contributed by atoms with E-state index in [-0.39, 0.29) is 5.97 Å². The zero-order valence-corrected chi connectivity index (χ0v) is 15.0. The van der Waals surface area contributed by atoms with Crippen LogP contribution in [0.3, 0.4) is 0 Å². The molecule has 0 aliphatic carbocycles. The molecule has 132 valence electrons. The largest absolute Gasteiger partial charge is 0.423 e. The van der Waals surface area contributed by atoms with Gasteiger partial charge in [-0.05, 0) is 22.8 Å². The molecule has 2 nitrogen and oxygen atoms in total. The highest BCUT2D eigenvalue weighted by Gasteiger charge is 2.29. The third kappa shape index (κ3) is 4.06. The lowest BCUT2D eigenvalue weighted by molar-refractivity contribution is -0.133. The minimum absolute atomic E-state index is 0.244. The summed E-state index contributed by atoms with van der Waals surface area (Å²) < 4.78 is 5.68. The van der Waals surface area contributed by atoms with E-state index in [9.17, 15) is 4.79 Å². The maximum absolute atomic E-state index is 12.7. The number of carbonyl (C=O) groups excluding carboxylic acids is 1. The number of esters is 1. The topological polar surface area (TPSA) is 26.3 Å². The fraction of sp³-hybridized carbons (Fsp3) is 0.0800. The molecule has 3 aromatic carbocycles. The summed E-state index contributed by atoms with van der Waals surface area (Å²) in [5.41, 5.74) is 5.00. The Morgan fingerprint density at radius 1 is 0.630 bits per heavy atom. The number of hydrogen-bond donors (Lipinski definition) is 0. The molecule has 0 amide bonds. The first-order valence-electron chi connectivity index (χ1n) is 9.09. The number of allylic oxidation sites excluding steroid dienone is 1. The number of rotatable bonds is 5. The Kier molecular flexibility index (Phi) is 4.97. The van der Waals surface area contributed by atoms with Gasteiger partial charge in [0.25, 0.3) is 0 Å². The molecule has 0 N–H and O–H groups in total. The van der Waals surface area contributed by atoms with Crippen LogP contribution in [-0.2, 0) is 22.4 Å². The normalized spacial score (nSPS) is 15.3. The van der Waals surface area contributed by atoms with Crippen LogP contribution in [0.4, 0.5) is 0 Å². The molecule has 4 rings (SSSR count). The summed E-state index contributed by atoms with van der Waals surface area (Å²) in [6, 6.07) is 30.2. The standard InChI is InChI=1S/C25H20O2/c26-25-23(17-20-12-6-2-7-13-20)22(16-19-10-4-1-5-11-19)24(27-25)18-21-14-8-3-9-15-21/h1-15,18H,16-17H2/b24-18-. The first-order valence-corrected chi connectivity index (χ1v) is 9.09. The Balaban J connectivity index is 1.75. The van der Waals surface area contributed by atoms with Gasteiger partial charge in [-0.2, -0.15) is 0 Å². The number of ether oxygens (including phenoxy) is 1. The van der Waals surface area contributed by atoms with Crippen molar-refractivity contribution in [3.8, 4) is 0 Å². The fourth-order valence-electron chi connectivity index (χ4n) is 3.28. The molecule has 1 aliphatic rings. The summed E-state index contributed by atoms with van der Waals surface area (Å²) in [6.45, 7) is 0. The van der Waals surface area contributed by atoms with Crippen molar-refractivity contribution >= 4 is 12.0 Å². The lowest BCUT2D eigenvalue weighted by Crippen LogP contribution is -2.03. The highest BCUT2D eigenvalue weighted by atomic mass is 16.5. The SMILES string of the molecule is O=C1O/C(=C\c2ccccc2)C(Cc2ccccc2)=C1Cc1ccccc1. The van der Waals surface area contributed by atoms with Crippen LogP contribution in [0.15, 0.2) is 108 Å². The van der Waals surface area contributed by atoms with Crippen LogP contribution in [0.5, 0.6) is 0 Å². The second-order valence-electron chi connectivity index (χ2n) is 6.59. The van der Waals surface area contributed by atoms with Gasteiger partial charge in [0.2, 0.25) is 0 Å².